The van der Waals surface area contributed by atoms with Gasteiger partial charge in [-0.3, -0.25) is 4.98 Å². The van der Waals surface area contributed by atoms with E-state index in [0.717, 1.165) is 11.2 Å². The van der Waals surface area contributed by atoms with E-state index in [9.17, 15) is 4.79 Å². The Kier molecular flexibility index (Phi) is 1.96. The summed E-state index contributed by atoms with van der Waals surface area (Å²) in [5, 5.41) is 9.02. The van der Waals surface area contributed by atoms with E-state index in [0.29, 0.717) is 17.5 Å². The fraction of sp³-hybridized carbons (Fsp3) is 0.200. The average Bonchev–Trinajstić information content (AvgIpc) is 2.55. The number of aromatic carboxylic acids is 1. The topological polar surface area (TPSA) is 66.0 Å². The lowest BCUT2D eigenvalue weighted by atomic mass is 10.2. The van der Waals surface area contributed by atoms with Gasteiger partial charge in [-0.2, -0.15) is 0 Å². The van der Waals surface area contributed by atoms with Crippen LogP contribution >= 0.6 is 0 Å². The number of hydrogen-bond donors (Lipinski definition) is 2. The highest BCUT2D eigenvalue weighted by atomic mass is 16.4. The van der Waals surface area contributed by atoms with E-state index in [1.807, 2.05) is 13.0 Å². The smallest absolute Gasteiger partial charge is 0.339 e. The van der Waals surface area contributed by atoms with E-state index >= 15 is 0 Å². The fourth-order valence-electron chi connectivity index (χ4n) is 1.57. The van der Waals surface area contributed by atoms with Gasteiger partial charge in [0.2, 0.25) is 0 Å². The molecular formula is C10H10N2O2. The summed E-state index contributed by atoms with van der Waals surface area (Å²) in [6.07, 6.45) is 2.26. The van der Waals surface area contributed by atoms with Gasteiger partial charge in [0.25, 0.3) is 0 Å². The lowest BCUT2D eigenvalue weighted by Crippen LogP contribution is -1.99. The molecule has 2 aromatic heterocycles. The third-order valence-corrected chi connectivity index (χ3v) is 2.20. The summed E-state index contributed by atoms with van der Waals surface area (Å²) in [5.74, 6) is -0.924. The number of H-pyrrole nitrogens is 1. The zero-order chi connectivity index (χ0) is 10.1. The lowest BCUT2D eigenvalue weighted by Gasteiger charge is -1.93. The van der Waals surface area contributed by atoms with E-state index in [2.05, 4.69) is 9.97 Å². The van der Waals surface area contributed by atoms with Crippen molar-refractivity contribution in [2.75, 3.05) is 0 Å². The molecule has 0 amide bonds. The van der Waals surface area contributed by atoms with E-state index in [1.165, 1.54) is 0 Å². The first-order valence-electron chi connectivity index (χ1n) is 4.43. The van der Waals surface area contributed by atoms with E-state index in [1.54, 1.807) is 12.3 Å². The number of nitrogens with zero attached hydrogens (tertiary/aromatic N) is 1. The Labute approximate surface area is 80.6 Å². The molecule has 72 valence electrons. The number of aromatic amines is 1. The van der Waals surface area contributed by atoms with Gasteiger partial charge in [0.05, 0.1) is 5.52 Å². The number of pyridine rings is 1. The largest absolute Gasteiger partial charge is 0.478 e. The van der Waals surface area contributed by atoms with Gasteiger partial charge in [-0.25, -0.2) is 4.79 Å². The molecule has 4 heteroatoms. The summed E-state index contributed by atoms with van der Waals surface area (Å²) in [5.41, 5.74) is 2.34. The van der Waals surface area contributed by atoms with Crippen molar-refractivity contribution in [1.82, 2.24) is 9.97 Å². The molecule has 0 aliphatic rings. The number of fused-ring (bicyclic) bond motifs is 1. The van der Waals surface area contributed by atoms with Gasteiger partial charge in [-0.15, -0.1) is 0 Å². The predicted molar refractivity (Wildman–Crippen MR) is 52.4 cm³/mol. The monoisotopic (exact) mass is 190 g/mol. The number of aryl methyl sites for hydroxylation is 1. The zero-order valence-corrected chi connectivity index (χ0v) is 7.74. The summed E-state index contributed by atoms with van der Waals surface area (Å²) in [6, 6.07) is 3.61. The molecular weight excluding hydrogens is 180 g/mol. The van der Waals surface area contributed by atoms with Crippen LogP contribution in [0.2, 0.25) is 0 Å². The Morgan fingerprint density at radius 1 is 1.64 bits per heavy atom. The van der Waals surface area contributed by atoms with Crippen LogP contribution in [-0.2, 0) is 6.42 Å². The van der Waals surface area contributed by atoms with Crippen LogP contribution in [0.25, 0.3) is 11.0 Å². The molecule has 0 radical (unpaired) electrons. The number of rotatable bonds is 2. The number of hydrogen-bond acceptors (Lipinski definition) is 2. The minimum atomic E-state index is -0.924. The molecule has 14 heavy (non-hydrogen) atoms. The second-order valence-electron chi connectivity index (χ2n) is 3.04. The third kappa shape index (κ3) is 1.16. The first-order chi connectivity index (χ1) is 6.74. The second kappa shape index (κ2) is 3.14. The van der Waals surface area contributed by atoms with Crippen LogP contribution in [0.3, 0.4) is 0 Å². The van der Waals surface area contributed by atoms with Crippen LogP contribution in [0.5, 0.6) is 0 Å². The van der Waals surface area contributed by atoms with Crippen molar-refractivity contribution in [2.24, 2.45) is 0 Å². The van der Waals surface area contributed by atoms with Crippen molar-refractivity contribution in [3.05, 3.63) is 29.6 Å². The highest BCUT2D eigenvalue weighted by Gasteiger charge is 2.16. The first kappa shape index (κ1) is 8.74. The second-order valence-corrected chi connectivity index (χ2v) is 3.04. The molecule has 0 atom stereocenters. The van der Waals surface area contributed by atoms with Gasteiger partial charge in [0.15, 0.2) is 0 Å². The molecule has 0 aliphatic heterocycles. The van der Waals surface area contributed by atoms with Crippen LogP contribution < -0.4 is 0 Å². The summed E-state index contributed by atoms with van der Waals surface area (Å²) >= 11 is 0. The maximum Gasteiger partial charge on any atom is 0.339 e. The van der Waals surface area contributed by atoms with Gasteiger partial charge >= 0.3 is 5.97 Å². The summed E-state index contributed by atoms with van der Waals surface area (Å²) in [6.45, 7) is 1.91. The lowest BCUT2D eigenvalue weighted by molar-refractivity contribution is 0.0697. The molecule has 2 heterocycles. The van der Waals surface area contributed by atoms with Gasteiger partial charge < -0.3 is 10.1 Å². The summed E-state index contributed by atoms with van der Waals surface area (Å²) in [7, 11) is 0. The van der Waals surface area contributed by atoms with Crippen molar-refractivity contribution in [3.63, 3.8) is 0 Å². The van der Waals surface area contributed by atoms with Crippen LogP contribution in [0, 0.1) is 0 Å². The molecule has 0 bridgehead atoms. The Balaban J connectivity index is 2.81. The molecule has 0 saturated carbocycles. The van der Waals surface area contributed by atoms with Gasteiger partial charge in [-0.1, -0.05) is 6.92 Å². The highest BCUT2D eigenvalue weighted by Crippen LogP contribution is 2.20. The Bertz CT molecular complexity index is 488. The highest BCUT2D eigenvalue weighted by molar-refractivity contribution is 6.02. The molecule has 0 aliphatic carbocycles. The minimum Gasteiger partial charge on any atom is -0.478 e. The first-order valence-corrected chi connectivity index (χ1v) is 4.43. The maximum absolute atomic E-state index is 11.0. The Morgan fingerprint density at radius 3 is 3.07 bits per heavy atom. The standard InChI is InChI=1S/C10H10N2O2/c1-2-6-8(10(13)14)9-7(12-6)4-3-5-11-9/h3-5,12H,2H2,1H3,(H,13,14). The van der Waals surface area contributed by atoms with E-state index < -0.39 is 5.97 Å². The van der Waals surface area contributed by atoms with Crippen LogP contribution in [0.15, 0.2) is 18.3 Å². The average molecular weight is 190 g/mol. The van der Waals surface area contributed by atoms with Crippen molar-refractivity contribution in [3.8, 4) is 0 Å². The summed E-state index contributed by atoms with van der Waals surface area (Å²) in [4.78, 5) is 18.1. The molecule has 0 aromatic carbocycles. The van der Waals surface area contributed by atoms with Gasteiger partial charge in [0.1, 0.15) is 11.1 Å². The maximum atomic E-state index is 11.0. The molecule has 2 aromatic rings. The number of carboxylic acid groups (broad SMARTS) is 1. The summed E-state index contributed by atoms with van der Waals surface area (Å²) < 4.78 is 0. The number of aromatic nitrogens is 2. The van der Waals surface area contributed by atoms with Crippen LogP contribution in [0.1, 0.15) is 23.0 Å². The SMILES string of the molecule is CCc1[nH]c2cccnc2c1C(=O)O. The van der Waals surface area contributed by atoms with Crippen LogP contribution in [-0.4, -0.2) is 21.0 Å². The van der Waals surface area contributed by atoms with Crippen LogP contribution in [0.4, 0.5) is 0 Å². The molecule has 0 saturated heterocycles. The molecule has 2 rings (SSSR count). The van der Waals surface area contributed by atoms with Crippen molar-refractivity contribution in [2.45, 2.75) is 13.3 Å². The predicted octanol–water partition coefficient (Wildman–Crippen LogP) is 1.82. The van der Waals surface area contributed by atoms with Crippen molar-refractivity contribution in [1.29, 1.82) is 0 Å². The normalized spacial score (nSPS) is 10.6. The number of carboxylic acids is 1. The number of carbonyl (C=O) groups is 1. The quantitative estimate of drug-likeness (QED) is 0.759. The number of nitrogens with one attached hydrogen (secondary N) is 1. The van der Waals surface area contributed by atoms with E-state index in [4.69, 9.17) is 5.11 Å². The Hall–Kier alpha value is -1.84. The third-order valence-electron chi connectivity index (χ3n) is 2.20. The molecule has 0 spiro atoms. The molecule has 4 nitrogen and oxygen atoms in total. The van der Waals surface area contributed by atoms with Gasteiger partial charge in [0, 0.05) is 11.9 Å². The van der Waals surface area contributed by atoms with Crippen molar-refractivity contribution < 1.29 is 9.90 Å². The minimum absolute atomic E-state index is 0.295. The molecule has 0 fully saturated rings. The Morgan fingerprint density at radius 2 is 2.43 bits per heavy atom. The van der Waals surface area contributed by atoms with E-state index in [-0.39, 0.29) is 0 Å². The van der Waals surface area contributed by atoms with Crippen molar-refractivity contribution >= 4 is 17.0 Å². The zero-order valence-electron chi connectivity index (χ0n) is 7.74. The van der Waals surface area contributed by atoms with Gasteiger partial charge in [-0.05, 0) is 18.6 Å². The molecule has 2 N–H and O–H groups in total. The fourth-order valence-corrected chi connectivity index (χ4v) is 1.57. The molecule has 0 unspecified atom stereocenters.